The Kier molecular flexibility index (Phi) is 5.33. The molecule has 0 bridgehead atoms. The molecule has 0 amide bonds. The van der Waals surface area contributed by atoms with Crippen LogP contribution in [0.2, 0.25) is 0 Å². The highest BCUT2D eigenvalue weighted by molar-refractivity contribution is 7.09. The molecule has 3 aromatic rings. The first-order valence-corrected chi connectivity index (χ1v) is 9.03. The number of nitrogens with zero attached hydrogens (tertiary/aromatic N) is 3. The number of aromatic nitrogens is 2. The Morgan fingerprint density at radius 1 is 1.44 bits per heavy atom. The Labute approximate surface area is 150 Å². The van der Waals surface area contributed by atoms with Crippen molar-refractivity contribution in [3.63, 3.8) is 0 Å². The van der Waals surface area contributed by atoms with Gasteiger partial charge in [-0.05, 0) is 37.1 Å². The average molecular weight is 359 g/mol. The molecular formula is C18H22FN5S. The van der Waals surface area contributed by atoms with E-state index in [2.05, 4.69) is 25.7 Å². The van der Waals surface area contributed by atoms with E-state index in [9.17, 15) is 4.39 Å². The van der Waals surface area contributed by atoms with Gasteiger partial charge < -0.3 is 15.2 Å². The van der Waals surface area contributed by atoms with E-state index in [-0.39, 0.29) is 5.82 Å². The number of hydrogen-bond donors (Lipinski definition) is 2. The zero-order chi connectivity index (χ0) is 17.8. The number of H-pyrrole nitrogens is 1. The number of aryl methyl sites for hydroxylation is 1. The fourth-order valence-corrected chi connectivity index (χ4v) is 3.45. The van der Waals surface area contributed by atoms with E-state index in [1.54, 1.807) is 30.5 Å². The zero-order valence-electron chi connectivity index (χ0n) is 14.6. The van der Waals surface area contributed by atoms with Crippen molar-refractivity contribution in [3.05, 3.63) is 51.9 Å². The standard InChI is InChI=1S/C18H22FN5S/c1-12-23-15(11-25-12)10-24(3)18(20-2)21-7-6-13-9-22-17-5-4-14(19)8-16(13)17/h4-5,8-9,11,22H,6-7,10H2,1-3H3,(H,20,21). The minimum atomic E-state index is -0.213. The SMILES string of the molecule is CN=C(NCCc1c[nH]c2ccc(F)cc12)N(C)Cc1csc(C)n1. The van der Waals surface area contributed by atoms with Crippen LogP contribution < -0.4 is 5.32 Å². The Bertz CT molecular complexity index is 883. The topological polar surface area (TPSA) is 56.3 Å². The summed E-state index contributed by atoms with van der Waals surface area (Å²) in [6.07, 6.45) is 2.72. The lowest BCUT2D eigenvalue weighted by Gasteiger charge is -2.21. The van der Waals surface area contributed by atoms with Crippen molar-refractivity contribution in [2.75, 3.05) is 20.6 Å². The van der Waals surface area contributed by atoms with Crippen molar-refractivity contribution in [1.82, 2.24) is 20.2 Å². The van der Waals surface area contributed by atoms with Gasteiger partial charge in [-0.1, -0.05) is 0 Å². The summed E-state index contributed by atoms with van der Waals surface area (Å²) in [7, 11) is 3.76. The number of halogens is 1. The molecular weight excluding hydrogens is 337 g/mol. The van der Waals surface area contributed by atoms with Crippen LogP contribution in [-0.2, 0) is 13.0 Å². The summed E-state index contributed by atoms with van der Waals surface area (Å²) < 4.78 is 13.5. The summed E-state index contributed by atoms with van der Waals surface area (Å²) in [6.45, 7) is 3.43. The summed E-state index contributed by atoms with van der Waals surface area (Å²) in [5.41, 5.74) is 3.09. The second-order valence-corrected chi connectivity index (χ2v) is 7.00. The highest BCUT2D eigenvalue weighted by Gasteiger charge is 2.09. The van der Waals surface area contributed by atoms with Gasteiger partial charge in [0, 0.05) is 43.1 Å². The molecule has 0 aliphatic carbocycles. The van der Waals surface area contributed by atoms with Gasteiger partial charge in [0.15, 0.2) is 5.96 Å². The first-order chi connectivity index (χ1) is 12.1. The molecule has 0 fully saturated rings. The Morgan fingerprint density at radius 2 is 2.28 bits per heavy atom. The Hall–Kier alpha value is -2.41. The van der Waals surface area contributed by atoms with Crippen molar-refractivity contribution in [3.8, 4) is 0 Å². The van der Waals surface area contributed by atoms with Gasteiger partial charge in [0.1, 0.15) is 5.82 Å². The number of thiazole rings is 1. The molecule has 1 aromatic carbocycles. The maximum Gasteiger partial charge on any atom is 0.193 e. The Balaban J connectivity index is 1.58. The molecule has 25 heavy (non-hydrogen) atoms. The smallest absolute Gasteiger partial charge is 0.193 e. The van der Waals surface area contributed by atoms with Crippen LogP contribution in [0.3, 0.4) is 0 Å². The summed E-state index contributed by atoms with van der Waals surface area (Å²) in [4.78, 5) is 14.0. The first kappa shape index (κ1) is 17.4. The van der Waals surface area contributed by atoms with Crippen LogP contribution in [0.15, 0.2) is 34.8 Å². The molecule has 0 saturated heterocycles. The van der Waals surface area contributed by atoms with E-state index in [0.29, 0.717) is 6.54 Å². The quantitative estimate of drug-likeness (QED) is 0.543. The van der Waals surface area contributed by atoms with E-state index in [1.807, 2.05) is 25.1 Å². The van der Waals surface area contributed by atoms with Crippen molar-refractivity contribution in [2.24, 2.45) is 4.99 Å². The van der Waals surface area contributed by atoms with E-state index in [1.165, 1.54) is 6.07 Å². The highest BCUT2D eigenvalue weighted by Crippen LogP contribution is 2.19. The van der Waals surface area contributed by atoms with Crippen LogP contribution in [0.4, 0.5) is 4.39 Å². The molecule has 7 heteroatoms. The normalized spacial score (nSPS) is 11.9. The van der Waals surface area contributed by atoms with Crippen molar-refractivity contribution in [2.45, 2.75) is 19.9 Å². The third kappa shape index (κ3) is 4.17. The minimum Gasteiger partial charge on any atom is -0.361 e. The molecule has 0 atom stereocenters. The summed E-state index contributed by atoms with van der Waals surface area (Å²) >= 11 is 1.65. The summed E-state index contributed by atoms with van der Waals surface area (Å²) in [5.74, 6) is 0.604. The number of rotatable bonds is 5. The third-order valence-electron chi connectivity index (χ3n) is 4.05. The lowest BCUT2D eigenvalue weighted by atomic mass is 10.1. The number of guanidine groups is 1. The molecule has 5 nitrogen and oxygen atoms in total. The molecule has 2 heterocycles. The number of nitrogens with one attached hydrogen (secondary N) is 2. The average Bonchev–Trinajstić information content (AvgIpc) is 3.17. The fraction of sp³-hybridized carbons (Fsp3) is 0.333. The zero-order valence-corrected chi connectivity index (χ0v) is 15.5. The molecule has 0 unspecified atom stereocenters. The maximum atomic E-state index is 13.5. The molecule has 0 radical (unpaired) electrons. The van der Waals surface area contributed by atoms with Crippen LogP contribution in [0, 0.1) is 12.7 Å². The summed E-state index contributed by atoms with van der Waals surface area (Å²) in [5, 5.41) is 7.43. The second kappa shape index (κ2) is 7.65. The predicted octanol–water partition coefficient (Wildman–Crippen LogP) is 3.32. The molecule has 3 rings (SSSR count). The predicted molar refractivity (Wildman–Crippen MR) is 102 cm³/mol. The van der Waals surface area contributed by atoms with Crippen molar-refractivity contribution >= 4 is 28.2 Å². The van der Waals surface area contributed by atoms with Gasteiger partial charge in [-0.3, -0.25) is 4.99 Å². The van der Waals surface area contributed by atoms with Gasteiger partial charge in [0.2, 0.25) is 0 Å². The second-order valence-electron chi connectivity index (χ2n) is 5.94. The number of fused-ring (bicyclic) bond motifs is 1. The molecule has 2 aromatic heterocycles. The summed E-state index contributed by atoms with van der Waals surface area (Å²) in [6, 6.07) is 4.81. The lowest BCUT2D eigenvalue weighted by molar-refractivity contribution is 0.471. The highest BCUT2D eigenvalue weighted by atomic mass is 32.1. The third-order valence-corrected chi connectivity index (χ3v) is 4.87. The van der Waals surface area contributed by atoms with E-state index in [4.69, 9.17) is 0 Å². The lowest BCUT2D eigenvalue weighted by Crippen LogP contribution is -2.39. The molecule has 0 aliphatic heterocycles. The van der Waals surface area contributed by atoms with Crippen LogP contribution in [0.1, 0.15) is 16.3 Å². The van der Waals surface area contributed by atoms with Crippen LogP contribution in [-0.4, -0.2) is 41.5 Å². The molecule has 132 valence electrons. The number of hydrogen-bond acceptors (Lipinski definition) is 3. The molecule has 0 aliphatic rings. The molecule has 2 N–H and O–H groups in total. The fourth-order valence-electron chi connectivity index (χ4n) is 2.85. The largest absolute Gasteiger partial charge is 0.361 e. The van der Waals surface area contributed by atoms with Crippen LogP contribution >= 0.6 is 11.3 Å². The number of aliphatic imine (C=N–C) groups is 1. The monoisotopic (exact) mass is 359 g/mol. The molecule has 0 saturated carbocycles. The minimum absolute atomic E-state index is 0.213. The van der Waals surface area contributed by atoms with Gasteiger partial charge in [0.05, 0.1) is 17.2 Å². The Morgan fingerprint density at radius 3 is 3.00 bits per heavy atom. The van der Waals surface area contributed by atoms with Crippen molar-refractivity contribution < 1.29 is 4.39 Å². The maximum absolute atomic E-state index is 13.5. The number of benzene rings is 1. The number of aromatic amines is 1. The van der Waals surface area contributed by atoms with Gasteiger partial charge in [-0.2, -0.15) is 0 Å². The first-order valence-electron chi connectivity index (χ1n) is 8.15. The van der Waals surface area contributed by atoms with E-state index >= 15 is 0 Å². The van der Waals surface area contributed by atoms with Gasteiger partial charge >= 0.3 is 0 Å². The van der Waals surface area contributed by atoms with Gasteiger partial charge in [0.25, 0.3) is 0 Å². The molecule has 0 spiro atoms. The van der Waals surface area contributed by atoms with E-state index in [0.717, 1.165) is 46.1 Å². The van der Waals surface area contributed by atoms with Crippen LogP contribution in [0.25, 0.3) is 10.9 Å². The van der Waals surface area contributed by atoms with E-state index < -0.39 is 0 Å². The van der Waals surface area contributed by atoms with Gasteiger partial charge in [-0.25, -0.2) is 9.37 Å². The van der Waals surface area contributed by atoms with Gasteiger partial charge in [-0.15, -0.1) is 11.3 Å². The van der Waals surface area contributed by atoms with Crippen molar-refractivity contribution in [1.29, 1.82) is 0 Å². The van der Waals surface area contributed by atoms with Crippen LogP contribution in [0.5, 0.6) is 0 Å².